The molecule has 1 aromatic carbocycles. The number of aryl methyl sites for hydroxylation is 1. The van der Waals surface area contributed by atoms with Crippen LogP contribution >= 0.6 is 0 Å². The highest BCUT2D eigenvalue weighted by Crippen LogP contribution is 2.31. The van der Waals surface area contributed by atoms with Crippen LogP contribution in [0.2, 0.25) is 0 Å². The van der Waals surface area contributed by atoms with E-state index in [4.69, 9.17) is 15.7 Å². The van der Waals surface area contributed by atoms with Crippen LogP contribution in [-0.4, -0.2) is 42.5 Å². The van der Waals surface area contributed by atoms with Crippen molar-refractivity contribution in [3.05, 3.63) is 47.6 Å². The number of nitrogens with one attached hydrogen (secondary N) is 1. The number of hydrogen-bond acceptors (Lipinski definition) is 6. The second kappa shape index (κ2) is 8.42. The number of hydrogen-bond donors (Lipinski definition) is 2. The summed E-state index contributed by atoms with van der Waals surface area (Å²) in [5, 5.41) is 20.2. The molecule has 0 amide bonds. The van der Waals surface area contributed by atoms with Gasteiger partial charge in [-0.25, -0.2) is 4.68 Å². The van der Waals surface area contributed by atoms with Crippen LogP contribution in [-0.2, 0) is 13.0 Å². The molecule has 3 heterocycles. The Balaban J connectivity index is 1.42. The molecule has 152 valence electrons. The number of nitrogens with zero attached hydrogens (tertiary/aromatic N) is 6. The normalized spacial score (nSPS) is 16.4. The van der Waals surface area contributed by atoms with E-state index in [2.05, 4.69) is 27.4 Å². The Morgan fingerprint density at radius 3 is 2.90 bits per heavy atom. The van der Waals surface area contributed by atoms with Crippen molar-refractivity contribution < 1.29 is 4.52 Å². The van der Waals surface area contributed by atoms with Gasteiger partial charge in [-0.05, 0) is 31.2 Å². The minimum absolute atomic E-state index is 0.0440. The molecule has 1 saturated heterocycles. The highest BCUT2D eigenvalue weighted by atomic mass is 16.5. The SMILES string of the molecule is CCCCc1cn(Cc2ccc(-c3noc(C4CCCN4C(=N)N)n3)cc2)nn1. The van der Waals surface area contributed by atoms with E-state index >= 15 is 0 Å². The lowest BCUT2D eigenvalue weighted by Gasteiger charge is -2.21. The molecule has 1 aliphatic heterocycles. The number of likely N-dealkylation sites (tertiary alicyclic amines) is 1. The van der Waals surface area contributed by atoms with E-state index in [-0.39, 0.29) is 12.0 Å². The third-order valence-corrected chi connectivity index (χ3v) is 5.22. The smallest absolute Gasteiger partial charge is 0.249 e. The molecule has 3 aromatic rings. The molecule has 1 fully saturated rings. The molecule has 4 rings (SSSR count). The maximum absolute atomic E-state index is 7.69. The molecule has 0 spiro atoms. The molecule has 0 bridgehead atoms. The van der Waals surface area contributed by atoms with Gasteiger partial charge in [-0.2, -0.15) is 4.98 Å². The van der Waals surface area contributed by atoms with Crippen molar-refractivity contribution in [3.63, 3.8) is 0 Å². The van der Waals surface area contributed by atoms with Crippen LogP contribution in [0.15, 0.2) is 35.0 Å². The molecule has 3 N–H and O–H groups in total. The van der Waals surface area contributed by atoms with Gasteiger partial charge in [0.25, 0.3) is 0 Å². The van der Waals surface area contributed by atoms with E-state index < -0.39 is 0 Å². The van der Waals surface area contributed by atoms with E-state index in [1.807, 2.05) is 35.1 Å². The maximum Gasteiger partial charge on any atom is 0.249 e. The second-order valence-corrected chi connectivity index (χ2v) is 7.40. The van der Waals surface area contributed by atoms with Gasteiger partial charge in [-0.3, -0.25) is 5.41 Å². The first kappa shape index (κ1) is 19.1. The third-order valence-electron chi connectivity index (χ3n) is 5.22. The molecule has 1 atom stereocenters. The minimum Gasteiger partial charge on any atom is -0.370 e. The van der Waals surface area contributed by atoms with Crippen LogP contribution in [0.4, 0.5) is 0 Å². The van der Waals surface area contributed by atoms with Crippen LogP contribution in [0.5, 0.6) is 0 Å². The van der Waals surface area contributed by atoms with Gasteiger partial charge >= 0.3 is 0 Å². The lowest BCUT2D eigenvalue weighted by Crippen LogP contribution is -2.35. The standard InChI is InChI=1S/C20H26N8O/c1-2-3-5-16-13-27(26-24-16)12-14-7-9-15(10-8-14)18-23-19(29-25-18)17-6-4-11-28(17)20(21)22/h7-10,13,17H,2-6,11-12H2,1H3,(H3,21,22). The zero-order valence-corrected chi connectivity index (χ0v) is 16.6. The molecule has 9 heteroatoms. The summed E-state index contributed by atoms with van der Waals surface area (Å²) in [6, 6.07) is 7.93. The number of benzene rings is 1. The Morgan fingerprint density at radius 2 is 2.14 bits per heavy atom. The molecular weight excluding hydrogens is 368 g/mol. The summed E-state index contributed by atoms with van der Waals surface area (Å²) in [5.74, 6) is 1.10. The quantitative estimate of drug-likeness (QED) is 0.466. The van der Waals surface area contributed by atoms with Gasteiger partial charge in [0, 0.05) is 18.3 Å². The summed E-state index contributed by atoms with van der Waals surface area (Å²) in [4.78, 5) is 6.34. The average Bonchev–Trinajstić information content (AvgIpc) is 3.47. The lowest BCUT2D eigenvalue weighted by molar-refractivity contribution is 0.283. The van der Waals surface area contributed by atoms with Crippen LogP contribution in [0.25, 0.3) is 11.4 Å². The van der Waals surface area contributed by atoms with Gasteiger partial charge < -0.3 is 15.2 Å². The van der Waals surface area contributed by atoms with Crippen molar-refractivity contribution in [3.8, 4) is 11.4 Å². The highest BCUT2D eigenvalue weighted by Gasteiger charge is 2.31. The minimum atomic E-state index is -0.109. The second-order valence-electron chi connectivity index (χ2n) is 7.40. The van der Waals surface area contributed by atoms with Gasteiger partial charge in [0.1, 0.15) is 6.04 Å². The molecule has 0 radical (unpaired) electrons. The largest absolute Gasteiger partial charge is 0.370 e. The van der Waals surface area contributed by atoms with Crippen molar-refractivity contribution in [1.29, 1.82) is 5.41 Å². The molecule has 1 aliphatic rings. The fraction of sp³-hybridized carbons (Fsp3) is 0.450. The molecular formula is C20H26N8O. The molecule has 0 saturated carbocycles. The van der Waals surface area contributed by atoms with E-state index in [1.165, 1.54) is 0 Å². The zero-order valence-electron chi connectivity index (χ0n) is 16.6. The predicted molar refractivity (Wildman–Crippen MR) is 108 cm³/mol. The Morgan fingerprint density at radius 1 is 1.31 bits per heavy atom. The summed E-state index contributed by atoms with van der Waals surface area (Å²) >= 11 is 0. The maximum atomic E-state index is 7.69. The summed E-state index contributed by atoms with van der Waals surface area (Å²) in [7, 11) is 0. The Kier molecular flexibility index (Phi) is 5.55. The summed E-state index contributed by atoms with van der Waals surface area (Å²) in [6.07, 6.45) is 7.08. The van der Waals surface area contributed by atoms with Crippen molar-refractivity contribution in [2.45, 2.75) is 51.6 Å². The summed E-state index contributed by atoms with van der Waals surface area (Å²) in [6.45, 7) is 3.59. The van der Waals surface area contributed by atoms with E-state index in [0.29, 0.717) is 18.3 Å². The predicted octanol–water partition coefficient (Wildman–Crippen LogP) is 2.75. The van der Waals surface area contributed by atoms with Crippen molar-refractivity contribution in [1.82, 2.24) is 30.0 Å². The van der Waals surface area contributed by atoms with E-state index in [1.54, 1.807) is 4.90 Å². The average molecular weight is 394 g/mol. The van der Waals surface area contributed by atoms with Gasteiger partial charge in [-0.15, -0.1) is 5.10 Å². The molecule has 0 aliphatic carbocycles. The third kappa shape index (κ3) is 4.28. The number of unbranched alkanes of at least 4 members (excludes halogenated alkanes) is 1. The topological polar surface area (TPSA) is 123 Å². The van der Waals surface area contributed by atoms with Gasteiger partial charge in [0.2, 0.25) is 11.7 Å². The lowest BCUT2D eigenvalue weighted by atomic mass is 10.1. The van der Waals surface area contributed by atoms with Crippen LogP contribution < -0.4 is 5.73 Å². The highest BCUT2D eigenvalue weighted by molar-refractivity contribution is 5.75. The van der Waals surface area contributed by atoms with Gasteiger partial charge in [0.05, 0.1) is 12.2 Å². The van der Waals surface area contributed by atoms with Gasteiger partial charge in [0.15, 0.2) is 5.96 Å². The van der Waals surface area contributed by atoms with E-state index in [0.717, 1.165) is 55.5 Å². The molecule has 9 nitrogen and oxygen atoms in total. The Bertz CT molecular complexity index is 961. The Labute approximate surface area is 169 Å². The molecule has 29 heavy (non-hydrogen) atoms. The van der Waals surface area contributed by atoms with E-state index in [9.17, 15) is 0 Å². The summed E-state index contributed by atoms with van der Waals surface area (Å²) < 4.78 is 7.33. The van der Waals surface area contributed by atoms with Crippen molar-refractivity contribution in [2.24, 2.45) is 5.73 Å². The van der Waals surface area contributed by atoms with Gasteiger partial charge in [-0.1, -0.05) is 48.0 Å². The zero-order chi connectivity index (χ0) is 20.2. The van der Waals surface area contributed by atoms with Crippen LogP contribution in [0, 0.1) is 5.41 Å². The van der Waals surface area contributed by atoms with Crippen LogP contribution in [0.3, 0.4) is 0 Å². The molecule has 1 unspecified atom stereocenters. The number of guanidine groups is 1. The number of aromatic nitrogens is 5. The van der Waals surface area contributed by atoms with Crippen molar-refractivity contribution >= 4 is 5.96 Å². The Hall–Kier alpha value is -3.23. The number of rotatable bonds is 7. The monoisotopic (exact) mass is 394 g/mol. The summed E-state index contributed by atoms with van der Waals surface area (Å²) in [5.41, 5.74) is 8.71. The fourth-order valence-electron chi connectivity index (χ4n) is 3.63. The molecule has 2 aromatic heterocycles. The first-order chi connectivity index (χ1) is 14.1. The van der Waals surface area contributed by atoms with Crippen LogP contribution in [0.1, 0.15) is 55.8 Å². The fourth-order valence-corrected chi connectivity index (χ4v) is 3.63. The number of nitrogens with two attached hydrogens (primary N) is 1. The first-order valence-corrected chi connectivity index (χ1v) is 10.1. The van der Waals surface area contributed by atoms with Crippen molar-refractivity contribution in [2.75, 3.05) is 6.54 Å². The first-order valence-electron chi connectivity index (χ1n) is 10.1.